The highest BCUT2D eigenvalue weighted by molar-refractivity contribution is 6.30. The van der Waals surface area contributed by atoms with Crippen LogP contribution in [0.1, 0.15) is 12.0 Å². The van der Waals surface area contributed by atoms with E-state index in [1.54, 1.807) is 0 Å². The molecule has 13 heavy (non-hydrogen) atoms. The first-order valence-electron chi connectivity index (χ1n) is 4.03. The molecule has 0 saturated heterocycles. The predicted octanol–water partition coefficient (Wildman–Crippen LogP) is 2.84. The second-order valence-electron chi connectivity index (χ2n) is 2.59. The molecule has 0 bridgehead atoms. The fourth-order valence-corrected chi connectivity index (χ4v) is 1.27. The maximum atomic E-state index is 5.82. The number of benzene rings is 1. The zero-order valence-electron chi connectivity index (χ0n) is 7.16. The monoisotopic (exact) mass is 209 g/mol. The van der Waals surface area contributed by atoms with Crippen molar-refractivity contribution in [2.75, 3.05) is 6.61 Å². The summed E-state index contributed by atoms with van der Waals surface area (Å²) in [6, 6.07) is 7.73. The average molecular weight is 210 g/mol. The molecule has 3 heteroatoms. The lowest BCUT2D eigenvalue weighted by molar-refractivity contribution is 0.358. The molecule has 0 amide bonds. The van der Waals surface area contributed by atoms with Gasteiger partial charge < -0.3 is 4.43 Å². The Balaban J connectivity index is 2.48. The maximum Gasteiger partial charge on any atom is 0.246 e. The smallest absolute Gasteiger partial charge is 0.246 e. The van der Waals surface area contributed by atoms with E-state index >= 15 is 0 Å². The van der Waals surface area contributed by atoms with Crippen LogP contribution in [0.5, 0.6) is 0 Å². The molecule has 0 unspecified atom stereocenters. The first-order valence-corrected chi connectivity index (χ1v) is 4.82. The van der Waals surface area contributed by atoms with Gasteiger partial charge in [-0.15, -0.1) is 0 Å². The number of hydrogen-bond donors (Lipinski definition) is 0. The molecule has 0 aliphatic rings. The molecule has 1 rings (SSSR count). The Morgan fingerprint density at radius 1 is 1.46 bits per heavy atom. The summed E-state index contributed by atoms with van der Waals surface area (Å²) in [5.41, 5.74) is 1.11. The van der Waals surface area contributed by atoms with Crippen molar-refractivity contribution in [3.8, 4) is 0 Å². The third-order valence-electron chi connectivity index (χ3n) is 1.55. The molecule has 0 fully saturated rings. The minimum absolute atomic E-state index is 0.675. The highest BCUT2D eigenvalue weighted by Crippen LogP contribution is 2.11. The van der Waals surface area contributed by atoms with E-state index in [4.69, 9.17) is 16.0 Å². The van der Waals surface area contributed by atoms with E-state index in [0.717, 1.165) is 17.0 Å². The van der Waals surface area contributed by atoms with Crippen LogP contribution in [-0.2, 0) is 4.43 Å². The van der Waals surface area contributed by atoms with Crippen LogP contribution in [-0.4, -0.2) is 17.1 Å². The second-order valence-corrected chi connectivity index (χ2v) is 3.32. The second kappa shape index (κ2) is 5.97. The Kier molecular flexibility index (Phi) is 4.82. The topological polar surface area (TPSA) is 9.23 Å². The van der Waals surface area contributed by atoms with Gasteiger partial charge in [0.05, 0.1) is 0 Å². The van der Waals surface area contributed by atoms with Crippen molar-refractivity contribution in [1.29, 1.82) is 0 Å². The number of hydrogen-bond acceptors (Lipinski definition) is 1. The molecule has 0 atom stereocenters. The van der Waals surface area contributed by atoms with Crippen LogP contribution < -0.4 is 0 Å². The van der Waals surface area contributed by atoms with Crippen LogP contribution in [0.15, 0.2) is 30.3 Å². The van der Waals surface area contributed by atoms with E-state index in [-0.39, 0.29) is 0 Å². The first kappa shape index (κ1) is 10.5. The molecule has 0 heterocycles. The summed E-state index contributed by atoms with van der Waals surface area (Å²) in [6.45, 7) is 0.675. The van der Waals surface area contributed by atoms with Crippen molar-refractivity contribution in [3.63, 3.8) is 0 Å². The molecular weight excluding hydrogens is 200 g/mol. The van der Waals surface area contributed by atoms with E-state index in [2.05, 4.69) is 10.5 Å². The summed E-state index contributed by atoms with van der Waals surface area (Å²) in [5.74, 6) is 0. The normalized spacial score (nSPS) is 10.9. The fourth-order valence-electron chi connectivity index (χ4n) is 0.957. The van der Waals surface area contributed by atoms with E-state index in [1.165, 1.54) is 0 Å². The molecule has 1 nitrogen and oxygen atoms in total. The minimum atomic E-state index is 0.675. The van der Waals surface area contributed by atoms with Crippen molar-refractivity contribution in [1.82, 2.24) is 0 Å². The van der Waals surface area contributed by atoms with Crippen LogP contribution in [0.25, 0.3) is 6.08 Å². The van der Waals surface area contributed by atoms with Crippen molar-refractivity contribution in [3.05, 3.63) is 40.9 Å². The van der Waals surface area contributed by atoms with Crippen LogP contribution in [0.4, 0.5) is 0 Å². The SMILES string of the molecule is [Si]OCCC=Cc1cccc(Cl)c1. The van der Waals surface area contributed by atoms with Gasteiger partial charge >= 0.3 is 0 Å². The van der Waals surface area contributed by atoms with E-state index in [9.17, 15) is 0 Å². The zero-order valence-corrected chi connectivity index (χ0v) is 8.92. The van der Waals surface area contributed by atoms with Gasteiger partial charge in [0.25, 0.3) is 0 Å². The van der Waals surface area contributed by atoms with Gasteiger partial charge in [0.15, 0.2) is 0 Å². The van der Waals surface area contributed by atoms with Gasteiger partial charge in [-0.2, -0.15) is 0 Å². The quantitative estimate of drug-likeness (QED) is 0.548. The van der Waals surface area contributed by atoms with E-state index in [1.807, 2.05) is 36.4 Å². The van der Waals surface area contributed by atoms with Crippen molar-refractivity contribution in [2.45, 2.75) is 6.42 Å². The molecule has 1 aromatic carbocycles. The molecule has 0 N–H and O–H groups in total. The lowest BCUT2D eigenvalue weighted by atomic mass is 10.2. The molecule has 0 aromatic heterocycles. The standard InChI is InChI=1S/C10H10ClOSi/c11-10-6-3-5-9(8-10)4-1-2-7-12-13/h1,3-6,8H,2,7H2. The predicted molar refractivity (Wildman–Crippen MR) is 56.8 cm³/mol. The van der Waals surface area contributed by atoms with Crippen LogP contribution in [0.3, 0.4) is 0 Å². The maximum absolute atomic E-state index is 5.82. The Hall–Kier alpha value is -0.573. The first-order chi connectivity index (χ1) is 6.33. The lowest BCUT2D eigenvalue weighted by Gasteiger charge is -1.94. The van der Waals surface area contributed by atoms with Crippen LogP contribution in [0.2, 0.25) is 5.02 Å². The summed E-state index contributed by atoms with van der Waals surface area (Å²) >= 11 is 5.82. The minimum Gasteiger partial charge on any atom is -0.418 e. The molecule has 1 aromatic rings. The van der Waals surface area contributed by atoms with E-state index < -0.39 is 0 Å². The van der Waals surface area contributed by atoms with Crippen molar-refractivity contribution in [2.24, 2.45) is 0 Å². The van der Waals surface area contributed by atoms with Gasteiger partial charge in [-0.1, -0.05) is 35.9 Å². The summed E-state index contributed by atoms with van der Waals surface area (Å²) in [6.07, 6.45) is 4.96. The molecule has 0 aliphatic heterocycles. The molecule has 3 radical (unpaired) electrons. The largest absolute Gasteiger partial charge is 0.418 e. The molecule has 0 aliphatic carbocycles. The van der Waals surface area contributed by atoms with Crippen LogP contribution >= 0.6 is 11.6 Å². The van der Waals surface area contributed by atoms with E-state index in [0.29, 0.717) is 6.61 Å². The van der Waals surface area contributed by atoms with Gasteiger partial charge in [0.1, 0.15) is 0 Å². The molecular formula is C10H10ClOSi. The summed E-state index contributed by atoms with van der Waals surface area (Å²) in [4.78, 5) is 0. The number of rotatable bonds is 4. The highest BCUT2D eigenvalue weighted by Gasteiger charge is 1.87. The van der Waals surface area contributed by atoms with Crippen molar-refractivity contribution < 1.29 is 4.43 Å². The lowest BCUT2D eigenvalue weighted by Crippen LogP contribution is -1.85. The Labute approximate surface area is 86.9 Å². The summed E-state index contributed by atoms with van der Waals surface area (Å²) in [7, 11) is 2.94. The third kappa shape index (κ3) is 4.27. The molecule has 0 saturated carbocycles. The molecule has 0 spiro atoms. The van der Waals surface area contributed by atoms with Crippen LogP contribution in [0, 0.1) is 0 Å². The Bertz CT molecular complexity index is 286. The molecule has 67 valence electrons. The third-order valence-corrected chi connectivity index (χ3v) is 1.98. The summed E-state index contributed by atoms with van der Waals surface area (Å²) < 4.78 is 4.73. The average Bonchev–Trinajstić information content (AvgIpc) is 2.13. The fraction of sp³-hybridized carbons (Fsp3) is 0.200. The Morgan fingerprint density at radius 3 is 3.00 bits per heavy atom. The highest BCUT2D eigenvalue weighted by atomic mass is 35.5. The van der Waals surface area contributed by atoms with Gasteiger partial charge in [0.2, 0.25) is 10.5 Å². The van der Waals surface area contributed by atoms with Gasteiger partial charge in [-0.05, 0) is 24.1 Å². The van der Waals surface area contributed by atoms with Gasteiger partial charge in [0, 0.05) is 11.6 Å². The summed E-state index contributed by atoms with van der Waals surface area (Å²) in [5, 5.41) is 0.763. The van der Waals surface area contributed by atoms with Gasteiger partial charge in [-0.25, -0.2) is 0 Å². The van der Waals surface area contributed by atoms with Crippen molar-refractivity contribution >= 4 is 28.2 Å². The van der Waals surface area contributed by atoms with Gasteiger partial charge in [-0.3, -0.25) is 0 Å². The zero-order chi connectivity index (χ0) is 9.52. The number of halogens is 1. The Morgan fingerprint density at radius 2 is 2.31 bits per heavy atom.